The molecule has 14 heavy (non-hydrogen) atoms. The summed E-state index contributed by atoms with van der Waals surface area (Å²) in [5.41, 5.74) is 1.43. The van der Waals surface area contributed by atoms with Crippen LogP contribution in [0.5, 0.6) is 0 Å². The van der Waals surface area contributed by atoms with Crippen LogP contribution in [0.2, 0.25) is 0 Å². The summed E-state index contributed by atoms with van der Waals surface area (Å²) in [6, 6.07) is 2.16. The van der Waals surface area contributed by atoms with Crippen molar-refractivity contribution in [2.24, 2.45) is 5.41 Å². The third-order valence-electron chi connectivity index (χ3n) is 3.04. The molecule has 1 aliphatic heterocycles. The molecule has 1 fully saturated rings. The Morgan fingerprint density at radius 1 is 1.57 bits per heavy atom. The van der Waals surface area contributed by atoms with Crippen LogP contribution in [0.1, 0.15) is 18.4 Å². The molecule has 0 aliphatic carbocycles. The average molecular weight is 212 g/mol. The quantitative estimate of drug-likeness (QED) is 0.828. The first-order valence-corrected chi connectivity index (χ1v) is 5.99. The molecule has 0 saturated carbocycles. The van der Waals surface area contributed by atoms with E-state index in [9.17, 15) is 5.11 Å². The smallest absolute Gasteiger partial charge is 0.0545 e. The molecule has 2 rings (SSSR count). The van der Waals surface area contributed by atoms with Crippen molar-refractivity contribution in [3.63, 3.8) is 0 Å². The van der Waals surface area contributed by atoms with Gasteiger partial charge < -0.3 is 9.84 Å². The van der Waals surface area contributed by atoms with Gasteiger partial charge in [-0.25, -0.2) is 0 Å². The first kappa shape index (κ1) is 10.1. The van der Waals surface area contributed by atoms with E-state index < -0.39 is 0 Å². The number of rotatable bonds is 4. The van der Waals surface area contributed by atoms with Crippen molar-refractivity contribution in [1.82, 2.24) is 0 Å². The predicted molar refractivity (Wildman–Crippen MR) is 57.6 cm³/mol. The Kier molecular flexibility index (Phi) is 3.21. The van der Waals surface area contributed by atoms with Gasteiger partial charge in [-0.15, -0.1) is 0 Å². The van der Waals surface area contributed by atoms with Crippen LogP contribution in [0.25, 0.3) is 0 Å². The third kappa shape index (κ3) is 2.16. The monoisotopic (exact) mass is 212 g/mol. The van der Waals surface area contributed by atoms with Gasteiger partial charge in [-0.05, 0) is 41.7 Å². The number of hydrogen-bond donors (Lipinski definition) is 1. The van der Waals surface area contributed by atoms with E-state index in [0.29, 0.717) is 0 Å². The summed E-state index contributed by atoms with van der Waals surface area (Å²) in [6.45, 7) is 1.80. The Balaban J connectivity index is 1.89. The van der Waals surface area contributed by atoms with Gasteiger partial charge in [0.15, 0.2) is 0 Å². The van der Waals surface area contributed by atoms with Crippen LogP contribution in [0.15, 0.2) is 16.8 Å². The van der Waals surface area contributed by atoms with Gasteiger partial charge in [-0.1, -0.05) is 0 Å². The molecular weight excluding hydrogens is 196 g/mol. The first-order chi connectivity index (χ1) is 6.85. The summed E-state index contributed by atoms with van der Waals surface area (Å²) in [5, 5.41) is 13.7. The van der Waals surface area contributed by atoms with Gasteiger partial charge in [0.05, 0.1) is 13.2 Å². The van der Waals surface area contributed by atoms with Crippen molar-refractivity contribution in [2.75, 3.05) is 19.8 Å². The van der Waals surface area contributed by atoms with Gasteiger partial charge in [0, 0.05) is 12.0 Å². The second-order valence-electron chi connectivity index (χ2n) is 4.09. The van der Waals surface area contributed by atoms with Crippen molar-refractivity contribution >= 4 is 11.3 Å². The molecule has 1 N–H and O–H groups in total. The highest BCUT2D eigenvalue weighted by Crippen LogP contribution is 2.33. The lowest BCUT2D eigenvalue weighted by Gasteiger charge is -2.24. The Morgan fingerprint density at radius 2 is 2.50 bits per heavy atom. The maximum atomic E-state index is 9.37. The zero-order chi connectivity index (χ0) is 9.86. The van der Waals surface area contributed by atoms with Crippen LogP contribution >= 0.6 is 11.3 Å². The lowest BCUT2D eigenvalue weighted by atomic mass is 9.82. The van der Waals surface area contributed by atoms with Crippen molar-refractivity contribution in [3.8, 4) is 0 Å². The number of thiophene rings is 1. The molecule has 2 heterocycles. The van der Waals surface area contributed by atoms with E-state index in [1.54, 1.807) is 11.3 Å². The van der Waals surface area contributed by atoms with E-state index in [1.165, 1.54) is 5.56 Å². The van der Waals surface area contributed by atoms with E-state index in [-0.39, 0.29) is 12.0 Å². The van der Waals surface area contributed by atoms with Crippen LogP contribution in [-0.4, -0.2) is 24.9 Å². The predicted octanol–water partition coefficient (Wildman–Crippen LogP) is 2.08. The maximum absolute atomic E-state index is 9.37. The SMILES string of the molecule is OCC1(CCc2ccsc2)CCOC1. The molecule has 2 nitrogen and oxygen atoms in total. The molecular formula is C11H16O2S. The van der Waals surface area contributed by atoms with Gasteiger partial charge in [-0.3, -0.25) is 0 Å². The fourth-order valence-electron chi connectivity index (χ4n) is 1.89. The molecule has 0 radical (unpaired) electrons. The second kappa shape index (κ2) is 4.43. The molecule has 1 unspecified atom stereocenters. The summed E-state index contributed by atoms with van der Waals surface area (Å²) < 4.78 is 5.36. The summed E-state index contributed by atoms with van der Waals surface area (Å²) in [5.74, 6) is 0. The number of hydrogen-bond acceptors (Lipinski definition) is 3. The molecule has 78 valence electrons. The zero-order valence-electron chi connectivity index (χ0n) is 8.24. The third-order valence-corrected chi connectivity index (χ3v) is 3.78. The van der Waals surface area contributed by atoms with Crippen LogP contribution in [-0.2, 0) is 11.2 Å². The van der Waals surface area contributed by atoms with Gasteiger partial charge in [0.2, 0.25) is 0 Å². The minimum atomic E-state index is 0.0436. The molecule has 0 amide bonds. The average Bonchev–Trinajstić information content (AvgIpc) is 2.87. The van der Waals surface area contributed by atoms with Crippen LogP contribution in [0.3, 0.4) is 0 Å². The van der Waals surface area contributed by atoms with Crippen molar-refractivity contribution in [3.05, 3.63) is 22.4 Å². The molecule has 0 bridgehead atoms. The standard InChI is InChI=1S/C11H16O2S/c12-8-11(4-5-13-9-11)3-1-10-2-6-14-7-10/h2,6-7,12H,1,3-5,8-9H2. The lowest BCUT2D eigenvalue weighted by Crippen LogP contribution is -2.26. The number of aliphatic hydroxyl groups is 1. The molecule has 1 aromatic rings. The molecule has 1 atom stereocenters. The highest BCUT2D eigenvalue weighted by Gasteiger charge is 2.33. The minimum Gasteiger partial charge on any atom is -0.396 e. The zero-order valence-corrected chi connectivity index (χ0v) is 9.05. The maximum Gasteiger partial charge on any atom is 0.0545 e. The number of aryl methyl sites for hydroxylation is 1. The fraction of sp³-hybridized carbons (Fsp3) is 0.636. The second-order valence-corrected chi connectivity index (χ2v) is 4.87. The normalized spacial score (nSPS) is 26.9. The van der Waals surface area contributed by atoms with Gasteiger partial charge in [-0.2, -0.15) is 11.3 Å². The van der Waals surface area contributed by atoms with Crippen molar-refractivity contribution < 1.29 is 9.84 Å². The lowest BCUT2D eigenvalue weighted by molar-refractivity contribution is 0.0868. The highest BCUT2D eigenvalue weighted by atomic mass is 32.1. The highest BCUT2D eigenvalue weighted by molar-refractivity contribution is 7.07. The van der Waals surface area contributed by atoms with Crippen molar-refractivity contribution in [1.29, 1.82) is 0 Å². The fourth-order valence-corrected chi connectivity index (χ4v) is 2.60. The topological polar surface area (TPSA) is 29.5 Å². The van der Waals surface area contributed by atoms with Gasteiger partial charge in [0.25, 0.3) is 0 Å². The summed E-state index contributed by atoms with van der Waals surface area (Å²) in [4.78, 5) is 0. The minimum absolute atomic E-state index is 0.0436. The summed E-state index contributed by atoms with van der Waals surface area (Å²) in [7, 11) is 0. The van der Waals surface area contributed by atoms with Crippen LogP contribution < -0.4 is 0 Å². The van der Waals surface area contributed by atoms with Gasteiger partial charge >= 0.3 is 0 Å². The molecule has 1 aliphatic rings. The van der Waals surface area contributed by atoms with E-state index in [1.807, 2.05) is 0 Å². The van der Waals surface area contributed by atoms with E-state index >= 15 is 0 Å². The summed E-state index contributed by atoms with van der Waals surface area (Å²) in [6.07, 6.45) is 3.11. The molecule has 0 aromatic carbocycles. The summed E-state index contributed by atoms with van der Waals surface area (Å²) >= 11 is 1.73. The Hall–Kier alpha value is -0.380. The van der Waals surface area contributed by atoms with Crippen LogP contribution in [0.4, 0.5) is 0 Å². The number of aliphatic hydroxyl groups excluding tert-OH is 1. The molecule has 0 spiro atoms. The van der Waals surface area contributed by atoms with Crippen molar-refractivity contribution in [2.45, 2.75) is 19.3 Å². The largest absolute Gasteiger partial charge is 0.396 e. The number of ether oxygens (including phenoxy) is 1. The van der Waals surface area contributed by atoms with E-state index in [2.05, 4.69) is 16.8 Å². The molecule has 3 heteroatoms. The van der Waals surface area contributed by atoms with E-state index in [0.717, 1.165) is 32.5 Å². The first-order valence-electron chi connectivity index (χ1n) is 5.04. The Labute approximate surface area is 88.5 Å². The molecule has 1 saturated heterocycles. The molecule has 1 aromatic heterocycles. The Morgan fingerprint density at radius 3 is 3.07 bits per heavy atom. The Bertz CT molecular complexity index is 263. The van der Waals surface area contributed by atoms with Gasteiger partial charge in [0.1, 0.15) is 0 Å². The van der Waals surface area contributed by atoms with E-state index in [4.69, 9.17) is 4.74 Å². The van der Waals surface area contributed by atoms with Crippen LogP contribution in [0, 0.1) is 5.41 Å².